The van der Waals surface area contributed by atoms with Crippen LogP contribution in [-0.2, 0) is 0 Å². The molecular formula is C13H20BrNS. The summed E-state index contributed by atoms with van der Waals surface area (Å²) in [7, 11) is 0. The van der Waals surface area contributed by atoms with Gasteiger partial charge in [-0.2, -0.15) is 11.3 Å². The van der Waals surface area contributed by atoms with Gasteiger partial charge in [-0.15, -0.1) is 0 Å². The second-order valence-corrected chi connectivity index (χ2v) is 6.63. The fraction of sp³-hybridized carbons (Fsp3) is 0.692. The van der Waals surface area contributed by atoms with Crippen LogP contribution in [0.25, 0.3) is 0 Å². The molecule has 1 aliphatic carbocycles. The van der Waals surface area contributed by atoms with Crippen molar-refractivity contribution in [2.45, 2.75) is 45.1 Å². The average molecular weight is 302 g/mol. The molecule has 1 fully saturated rings. The van der Waals surface area contributed by atoms with E-state index in [2.05, 4.69) is 45.9 Å². The first-order chi connectivity index (χ1) is 7.68. The molecule has 0 saturated heterocycles. The maximum atomic E-state index is 3.67. The summed E-state index contributed by atoms with van der Waals surface area (Å²) >= 11 is 5.49. The van der Waals surface area contributed by atoms with Crippen LogP contribution in [0.5, 0.6) is 0 Å². The highest BCUT2D eigenvalue weighted by Gasteiger charge is 2.29. The van der Waals surface area contributed by atoms with Crippen molar-refractivity contribution >= 4 is 27.3 Å². The van der Waals surface area contributed by atoms with Gasteiger partial charge in [0.25, 0.3) is 0 Å². The van der Waals surface area contributed by atoms with E-state index in [1.807, 2.05) is 11.3 Å². The van der Waals surface area contributed by atoms with E-state index < -0.39 is 0 Å². The Balaban J connectivity index is 2.01. The lowest BCUT2D eigenvalue weighted by atomic mass is 9.90. The molecule has 1 aromatic rings. The molecule has 16 heavy (non-hydrogen) atoms. The van der Waals surface area contributed by atoms with Gasteiger partial charge in [-0.25, -0.2) is 0 Å². The lowest BCUT2D eigenvalue weighted by molar-refractivity contribution is 0.422. The van der Waals surface area contributed by atoms with Crippen molar-refractivity contribution in [2.24, 2.45) is 5.92 Å². The van der Waals surface area contributed by atoms with Crippen LogP contribution in [0.2, 0.25) is 0 Å². The van der Waals surface area contributed by atoms with Crippen molar-refractivity contribution in [3.63, 3.8) is 0 Å². The van der Waals surface area contributed by atoms with E-state index in [1.165, 1.54) is 35.8 Å². The van der Waals surface area contributed by atoms with Crippen LogP contribution in [0.1, 0.15) is 44.6 Å². The zero-order chi connectivity index (χ0) is 11.5. The maximum Gasteiger partial charge on any atom is 0.0317 e. The summed E-state index contributed by atoms with van der Waals surface area (Å²) < 4.78 is 1.32. The molecule has 3 heteroatoms. The Morgan fingerprint density at radius 1 is 1.44 bits per heavy atom. The molecule has 1 saturated carbocycles. The summed E-state index contributed by atoms with van der Waals surface area (Å²) in [4.78, 5) is 0. The standard InChI is InChI=1S/C13H20BrNS/c1-9(2)15-6-10-4-3-5-11(10)12-7-16-8-13(12)14/h7-11,15H,3-6H2,1-2H3. The normalized spacial score (nSPS) is 25.5. The van der Waals surface area contributed by atoms with E-state index >= 15 is 0 Å². The number of thiophene rings is 1. The van der Waals surface area contributed by atoms with Crippen LogP contribution < -0.4 is 5.32 Å². The summed E-state index contributed by atoms with van der Waals surface area (Å²) in [5.41, 5.74) is 1.54. The molecule has 2 unspecified atom stereocenters. The summed E-state index contributed by atoms with van der Waals surface area (Å²) in [6.07, 6.45) is 4.13. The summed E-state index contributed by atoms with van der Waals surface area (Å²) in [5.74, 6) is 1.60. The topological polar surface area (TPSA) is 12.0 Å². The van der Waals surface area contributed by atoms with Gasteiger partial charge in [0, 0.05) is 15.9 Å². The van der Waals surface area contributed by atoms with Crippen molar-refractivity contribution in [1.82, 2.24) is 5.32 Å². The molecule has 2 rings (SSSR count). The second kappa shape index (κ2) is 5.65. The van der Waals surface area contributed by atoms with Crippen molar-refractivity contribution in [3.05, 3.63) is 20.8 Å². The van der Waals surface area contributed by atoms with Crippen molar-refractivity contribution in [3.8, 4) is 0 Å². The van der Waals surface area contributed by atoms with Crippen LogP contribution in [0.3, 0.4) is 0 Å². The molecule has 1 aromatic heterocycles. The Bertz CT molecular complexity index is 334. The lowest BCUT2D eigenvalue weighted by Gasteiger charge is -2.21. The van der Waals surface area contributed by atoms with Gasteiger partial charge in [0.1, 0.15) is 0 Å². The van der Waals surface area contributed by atoms with Crippen molar-refractivity contribution < 1.29 is 0 Å². The smallest absolute Gasteiger partial charge is 0.0317 e. The van der Waals surface area contributed by atoms with Gasteiger partial charge in [-0.3, -0.25) is 0 Å². The molecule has 90 valence electrons. The van der Waals surface area contributed by atoms with Crippen LogP contribution in [0.15, 0.2) is 15.2 Å². The Kier molecular flexibility index (Phi) is 4.45. The van der Waals surface area contributed by atoms with E-state index in [4.69, 9.17) is 0 Å². The van der Waals surface area contributed by atoms with Gasteiger partial charge < -0.3 is 5.32 Å². The van der Waals surface area contributed by atoms with Gasteiger partial charge in [0.2, 0.25) is 0 Å². The fourth-order valence-corrected chi connectivity index (χ4v) is 4.29. The number of hydrogen-bond donors (Lipinski definition) is 1. The molecule has 1 N–H and O–H groups in total. The van der Waals surface area contributed by atoms with Crippen molar-refractivity contribution in [1.29, 1.82) is 0 Å². The zero-order valence-corrected chi connectivity index (χ0v) is 12.4. The highest BCUT2D eigenvalue weighted by atomic mass is 79.9. The minimum atomic E-state index is 0.604. The van der Waals surface area contributed by atoms with E-state index in [1.54, 1.807) is 0 Å². The molecule has 1 heterocycles. The van der Waals surface area contributed by atoms with Gasteiger partial charge in [-0.1, -0.05) is 20.3 Å². The molecule has 0 amide bonds. The van der Waals surface area contributed by atoms with Crippen molar-refractivity contribution in [2.75, 3.05) is 6.54 Å². The Morgan fingerprint density at radius 3 is 2.88 bits per heavy atom. The molecule has 0 aromatic carbocycles. The highest BCUT2D eigenvalue weighted by molar-refractivity contribution is 9.10. The number of nitrogens with one attached hydrogen (secondary N) is 1. The predicted octanol–water partition coefficient (Wildman–Crippen LogP) is 4.39. The minimum absolute atomic E-state index is 0.604. The first-order valence-electron chi connectivity index (χ1n) is 6.13. The molecule has 1 nitrogen and oxygen atoms in total. The van der Waals surface area contributed by atoms with Crippen LogP contribution in [0, 0.1) is 5.92 Å². The first kappa shape index (κ1) is 12.6. The Hall–Kier alpha value is 0.140. The van der Waals surface area contributed by atoms with Crippen LogP contribution >= 0.6 is 27.3 Å². The fourth-order valence-electron chi connectivity index (χ4n) is 2.63. The SMILES string of the molecule is CC(C)NCC1CCCC1c1cscc1Br. The second-order valence-electron chi connectivity index (χ2n) is 5.04. The molecule has 2 atom stereocenters. The van der Waals surface area contributed by atoms with E-state index in [0.29, 0.717) is 6.04 Å². The number of hydrogen-bond acceptors (Lipinski definition) is 2. The lowest BCUT2D eigenvalue weighted by Crippen LogP contribution is -2.30. The highest BCUT2D eigenvalue weighted by Crippen LogP contribution is 2.43. The van der Waals surface area contributed by atoms with Crippen LogP contribution in [-0.4, -0.2) is 12.6 Å². The maximum absolute atomic E-state index is 3.67. The third kappa shape index (κ3) is 2.88. The molecular weight excluding hydrogens is 282 g/mol. The van der Waals surface area contributed by atoms with Gasteiger partial charge in [0.05, 0.1) is 0 Å². The predicted molar refractivity (Wildman–Crippen MR) is 75.2 cm³/mol. The van der Waals surface area contributed by atoms with E-state index in [0.717, 1.165) is 11.8 Å². The summed E-state index contributed by atoms with van der Waals surface area (Å²) in [5, 5.41) is 8.12. The zero-order valence-electron chi connectivity index (χ0n) is 10.0. The molecule has 0 aliphatic heterocycles. The Morgan fingerprint density at radius 2 is 2.25 bits per heavy atom. The van der Waals surface area contributed by atoms with Gasteiger partial charge in [-0.05, 0) is 58.1 Å². The quantitative estimate of drug-likeness (QED) is 0.869. The van der Waals surface area contributed by atoms with Gasteiger partial charge in [0.15, 0.2) is 0 Å². The molecule has 0 spiro atoms. The summed E-state index contributed by atoms with van der Waals surface area (Å²) in [6.45, 7) is 5.62. The molecule has 0 bridgehead atoms. The Labute approximate surface area is 111 Å². The number of rotatable bonds is 4. The molecule has 0 radical (unpaired) electrons. The number of halogens is 1. The average Bonchev–Trinajstić information content (AvgIpc) is 2.82. The van der Waals surface area contributed by atoms with Gasteiger partial charge >= 0.3 is 0 Å². The summed E-state index contributed by atoms with van der Waals surface area (Å²) in [6, 6.07) is 0.604. The monoisotopic (exact) mass is 301 g/mol. The first-order valence-corrected chi connectivity index (χ1v) is 7.87. The van der Waals surface area contributed by atoms with E-state index in [9.17, 15) is 0 Å². The third-order valence-corrected chi connectivity index (χ3v) is 5.24. The minimum Gasteiger partial charge on any atom is -0.314 e. The third-order valence-electron chi connectivity index (χ3n) is 3.49. The van der Waals surface area contributed by atoms with Crippen LogP contribution in [0.4, 0.5) is 0 Å². The molecule has 1 aliphatic rings. The largest absolute Gasteiger partial charge is 0.314 e. The van der Waals surface area contributed by atoms with E-state index in [-0.39, 0.29) is 0 Å².